The summed E-state index contributed by atoms with van der Waals surface area (Å²) in [6.45, 7) is 4.68. The molecule has 0 aliphatic carbocycles. The first-order chi connectivity index (χ1) is 13.2. The summed E-state index contributed by atoms with van der Waals surface area (Å²) in [5.41, 5.74) is 1.70. The van der Waals surface area contributed by atoms with E-state index in [1.807, 2.05) is 25.1 Å². The van der Waals surface area contributed by atoms with Gasteiger partial charge in [-0.05, 0) is 46.9 Å². The van der Waals surface area contributed by atoms with E-state index < -0.39 is 0 Å². The summed E-state index contributed by atoms with van der Waals surface area (Å²) in [6, 6.07) is 7.43. The molecule has 3 aromatic rings. The lowest BCUT2D eigenvalue weighted by molar-refractivity contribution is 0.294. The zero-order valence-electron chi connectivity index (χ0n) is 15.4. The van der Waals surface area contributed by atoms with E-state index in [0.29, 0.717) is 29.5 Å². The lowest BCUT2D eigenvalue weighted by Crippen LogP contribution is -2.12. The van der Waals surface area contributed by atoms with Crippen molar-refractivity contribution in [3.8, 4) is 34.1 Å². The molecule has 0 bridgehead atoms. The number of methoxy groups -OCH3 is 1. The van der Waals surface area contributed by atoms with E-state index in [1.54, 1.807) is 24.9 Å². The van der Waals surface area contributed by atoms with Gasteiger partial charge in [0.05, 0.1) is 25.0 Å². The van der Waals surface area contributed by atoms with Gasteiger partial charge in [-0.1, -0.05) is 13.8 Å². The zero-order chi connectivity index (χ0) is 19.2. The van der Waals surface area contributed by atoms with Crippen molar-refractivity contribution in [2.75, 3.05) is 19.5 Å². The molecule has 8 nitrogen and oxygen atoms in total. The van der Waals surface area contributed by atoms with Gasteiger partial charge in [0.1, 0.15) is 0 Å². The number of ether oxygens (including phenoxy) is 2. The van der Waals surface area contributed by atoms with Crippen LogP contribution < -0.4 is 15.0 Å². The third kappa shape index (κ3) is 4.13. The smallest absolute Gasteiger partial charge is 0.259 e. The van der Waals surface area contributed by atoms with Crippen molar-refractivity contribution in [2.24, 2.45) is 0 Å². The zero-order valence-corrected chi connectivity index (χ0v) is 16.2. The third-order valence-electron chi connectivity index (χ3n) is 3.82. The number of aromatic nitrogens is 5. The molecule has 27 heavy (non-hydrogen) atoms. The molecular weight excluding hydrogens is 366 g/mol. The maximum absolute atomic E-state index is 12.6. The summed E-state index contributed by atoms with van der Waals surface area (Å²) in [5.74, 6) is 2.49. The number of thioether (sulfide) groups is 1. The average Bonchev–Trinajstić information content (AvgIpc) is 3.22. The van der Waals surface area contributed by atoms with Crippen LogP contribution in [0.3, 0.4) is 0 Å². The standard InChI is InChI=1S/C18H21N5O3S/c1-4-8-26-14-9-11(6-7-13(14)25-3)16-15(27-5-2)10-12(18(24)19-16)17-20-22-23-21-17/h6-7,9-10H,4-5,8H2,1-3H3,(H,19,24)(H,20,21,22,23). The molecular formula is C18H21N5O3S. The van der Waals surface area contributed by atoms with Gasteiger partial charge in [0.25, 0.3) is 5.56 Å². The van der Waals surface area contributed by atoms with Crippen molar-refractivity contribution in [1.82, 2.24) is 25.6 Å². The number of hydrogen-bond acceptors (Lipinski definition) is 7. The molecule has 0 spiro atoms. The number of nitrogens with zero attached hydrogens (tertiary/aromatic N) is 3. The highest BCUT2D eigenvalue weighted by Crippen LogP contribution is 2.36. The molecule has 0 radical (unpaired) electrons. The largest absolute Gasteiger partial charge is 0.493 e. The molecule has 0 aliphatic rings. The lowest BCUT2D eigenvalue weighted by Gasteiger charge is -2.14. The lowest BCUT2D eigenvalue weighted by atomic mass is 10.1. The molecule has 142 valence electrons. The minimum absolute atomic E-state index is 0.268. The Labute approximate surface area is 160 Å². The Hall–Kier alpha value is -2.81. The van der Waals surface area contributed by atoms with Crippen LogP contribution in [0.2, 0.25) is 0 Å². The number of benzene rings is 1. The molecule has 0 fully saturated rings. The Morgan fingerprint density at radius 3 is 2.70 bits per heavy atom. The first-order valence-electron chi connectivity index (χ1n) is 8.63. The average molecular weight is 387 g/mol. The van der Waals surface area contributed by atoms with E-state index in [1.165, 1.54) is 0 Å². The van der Waals surface area contributed by atoms with Crippen molar-refractivity contribution in [2.45, 2.75) is 25.2 Å². The van der Waals surface area contributed by atoms with Gasteiger partial charge in [-0.15, -0.1) is 16.9 Å². The summed E-state index contributed by atoms with van der Waals surface area (Å²) < 4.78 is 11.2. The number of pyridine rings is 1. The molecule has 3 rings (SSSR count). The minimum Gasteiger partial charge on any atom is -0.493 e. The second-order valence-electron chi connectivity index (χ2n) is 5.65. The van der Waals surface area contributed by atoms with Gasteiger partial charge >= 0.3 is 0 Å². The monoisotopic (exact) mass is 387 g/mol. The second-order valence-corrected chi connectivity index (χ2v) is 6.95. The number of hydrogen-bond donors (Lipinski definition) is 2. The molecule has 0 atom stereocenters. The SMILES string of the molecule is CCCOc1cc(-c2[nH]c(=O)c(-c3nnn[nH]3)cc2SCC)ccc1OC. The van der Waals surface area contributed by atoms with Crippen molar-refractivity contribution < 1.29 is 9.47 Å². The van der Waals surface area contributed by atoms with E-state index in [9.17, 15) is 4.79 Å². The van der Waals surface area contributed by atoms with Crippen LogP contribution >= 0.6 is 11.8 Å². The Morgan fingerprint density at radius 1 is 1.19 bits per heavy atom. The van der Waals surface area contributed by atoms with Crippen LogP contribution in [-0.4, -0.2) is 45.1 Å². The molecule has 2 N–H and O–H groups in total. The van der Waals surface area contributed by atoms with Crippen LogP contribution in [0.25, 0.3) is 22.6 Å². The quantitative estimate of drug-likeness (QED) is 0.572. The summed E-state index contributed by atoms with van der Waals surface area (Å²) in [4.78, 5) is 16.5. The van der Waals surface area contributed by atoms with Crippen LogP contribution in [0.5, 0.6) is 11.5 Å². The fraction of sp³-hybridized carbons (Fsp3) is 0.333. The van der Waals surface area contributed by atoms with Gasteiger partial charge in [0, 0.05) is 10.5 Å². The Balaban J connectivity index is 2.10. The summed E-state index contributed by atoms with van der Waals surface area (Å²) in [6.07, 6.45) is 0.890. The van der Waals surface area contributed by atoms with Gasteiger partial charge in [0.2, 0.25) is 0 Å². The van der Waals surface area contributed by atoms with E-state index in [-0.39, 0.29) is 5.56 Å². The van der Waals surface area contributed by atoms with E-state index in [4.69, 9.17) is 9.47 Å². The van der Waals surface area contributed by atoms with Gasteiger partial charge in [-0.3, -0.25) is 4.79 Å². The third-order valence-corrected chi connectivity index (χ3v) is 4.74. The number of aromatic amines is 2. The normalized spacial score (nSPS) is 10.8. The number of H-pyrrole nitrogens is 2. The Morgan fingerprint density at radius 2 is 2.04 bits per heavy atom. The van der Waals surface area contributed by atoms with Crippen LogP contribution in [-0.2, 0) is 0 Å². The van der Waals surface area contributed by atoms with E-state index in [0.717, 1.165) is 28.3 Å². The van der Waals surface area contributed by atoms with Gasteiger partial charge < -0.3 is 14.5 Å². The number of rotatable bonds is 8. The number of tetrazole rings is 1. The summed E-state index contributed by atoms with van der Waals surface area (Å²) in [7, 11) is 1.61. The first-order valence-corrected chi connectivity index (χ1v) is 9.61. The molecule has 2 heterocycles. The van der Waals surface area contributed by atoms with Crippen molar-refractivity contribution in [3.63, 3.8) is 0 Å². The van der Waals surface area contributed by atoms with Gasteiger partial charge in [-0.2, -0.15) is 0 Å². The van der Waals surface area contributed by atoms with Gasteiger partial charge in [0.15, 0.2) is 17.3 Å². The molecule has 1 aromatic carbocycles. The highest BCUT2D eigenvalue weighted by atomic mass is 32.2. The maximum atomic E-state index is 12.6. The predicted octanol–water partition coefficient (Wildman–Crippen LogP) is 3.13. The highest BCUT2D eigenvalue weighted by Gasteiger charge is 2.16. The maximum Gasteiger partial charge on any atom is 0.259 e. The molecule has 2 aromatic heterocycles. The molecule has 0 saturated heterocycles. The van der Waals surface area contributed by atoms with Gasteiger partial charge in [-0.25, -0.2) is 5.10 Å². The summed E-state index contributed by atoms with van der Waals surface area (Å²) >= 11 is 1.63. The predicted molar refractivity (Wildman–Crippen MR) is 104 cm³/mol. The molecule has 0 unspecified atom stereocenters. The summed E-state index contributed by atoms with van der Waals surface area (Å²) in [5, 5.41) is 13.6. The van der Waals surface area contributed by atoms with Crippen molar-refractivity contribution >= 4 is 11.8 Å². The van der Waals surface area contributed by atoms with Crippen molar-refractivity contribution in [1.29, 1.82) is 0 Å². The first kappa shape index (κ1) is 19.0. The topological polar surface area (TPSA) is 106 Å². The minimum atomic E-state index is -0.268. The molecule has 0 amide bonds. The highest BCUT2D eigenvalue weighted by molar-refractivity contribution is 7.99. The Kier molecular flexibility index (Phi) is 6.12. The van der Waals surface area contributed by atoms with Crippen LogP contribution in [0.4, 0.5) is 0 Å². The van der Waals surface area contributed by atoms with E-state index in [2.05, 4.69) is 32.5 Å². The fourth-order valence-electron chi connectivity index (χ4n) is 2.60. The van der Waals surface area contributed by atoms with Crippen LogP contribution in [0, 0.1) is 0 Å². The second kappa shape index (κ2) is 8.72. The van der Waals surface area contributed by atoms with Crippen LogP contribution in [0.1, 0.15) is 20.3 Å². The van der Waals surface area contributed by atoms with Crippen molar-refractivity contribution in [3.05, 3.63) is 34.6 Å². The van der Waals surface area contributed by atoms with E-state index >= 15 is 0 Å². The Bertz CT molecular complexity index is 956. The molecule has 9 heteroatoms. The number of nitrogens with one attached hydrogen (secondary N) is 2. The molecule has 0 aliphatic heterocycles. The molecule has 0 saturated carbocycles. The van der Waals surface area contributed by atoms with Crippen LogP contribution in [0.15, 0.2) is 34.0 Å². The fourth-order valence-corrected chi connectivity index (χ4v) is 3.43.